The standard InChI is InChI=1S/C27H20F3N3O3/c28-27(29,30)20-8-3-5-18(13-20)15-33-16-21(14-31-33)32-26(34)25-12-11-22(36-25)17-35-24-10-4-7-19-6-1-2-9-23(19)24/h1-14,16H,15,17H2,(H,32,34). The third-order valence-corrected chi connectivity index (χ3v) is 5.49. The molecule has 0 aliphatic heterocycles. The number of anilines is 1. The van der Waals surface area contributed by atoms with Crippen molar-refractivity contribution in [3.8, 4) is 5.75 Å². The third-order valence-electron chi connectivity index (χ3n) is 5.49. The van der Waals surface area contributed by atoms with Gasteiger partial charge in [-0.1, -0.05) is 48.5 Å². The Kier molecular flexibility index (Phi) is 6.20. The zero-order chi connectivity index (χ0) is 25.1. The molecule has 0 saturated heterocycles. The van der Waals surface area contributed by atoms with E-state index in [4.69, 9.17) is 9.15 Å². The van der Waals surface area contributed by atoms with E-state index in [1.54, 1.807) is 18.2 Å². The minimum Gasteiger partial charge on any atom is -0.485 e. The van der Waals surface area contributed by atoms with Crippen LogP contribution >= 0.6 is 0 Å². The van der Waals surface area contributed by atoms with Gasteiger partial charge in [0.25, 0.3) is 5.91 Å². The maximum absolute atomic E-state index is 12.9. The molecule has 0 fully saturated rings. The van der Waals surface area contributed by atoms with Crippen molar-refractivity contribution >= 4 is 22.4 Å². The first-order valence-electron chi connectivity index (χ1n) is 11.0. The highest BCUT2D eigenvalue weighted by atomic mass is 19.4. The van der Waals surface area contributed by atoms with Crippen molar-refractivity contribution in [3.63, 3.8) is 0 Å². The molecular formula is C27H20F3N3O3. The first-order valence-corrected chi connectivity index (χ1v) is 11.0. The monoisotopic (exact) mass is 491 g/mol. The highest BCUT2D eigenvalue weighted by Crippen LogP contribution is 2.30. The lowest BCUT2D eigenvalue weighted by molar-refractivity contribution is -0.137. The van der Waals surface area contributed by atoms with Gasteiger partial charge in [-0.2, -0.15) is 18.3 Å². The quantitative estimate of drug-likeness (QED) is 0.281. The second-order valence-electron chi connectivity index (χ2n) is 8.11. The topological polar surface area (TPSA) is 69.3 Å². The molecule has 3 aromatic carbocycles. The smallest absolute Gasteiger partial charge is 0.416 e. The van der Waals surface area contributed by atoms with Gasteiger partial charge in [-0.3, -0.25) is 9.48 Å². The van der Waals surface area contributed by atoms with E-state index in [2.05, 4.69) is 10.4 Å². The summed E-state index contributed by atoms with van der Waals surface area (Å²) in [6.45, 7) is 0.270. The summed E-state index contributed by atoms with van der Waals surface area (Å²) < 4.78 is 51.7. The van der Waals surface area contributed by atoms with Gasteiger partial charge in [0.05, 0.1) is 24.0 Å². The predicted molar refractivity (Wildman–Crippen MR) is 128 cm³/mol. The van der Waals surface area contributed by atoms with Crippen LogP contribution in [0.25, 0.3) is 10.8 Å². The number of halogens is 3. The maximum atomic E-state index is 12.9. The summed E-state index contributed by atoms with van der Waals surface area (Å²) in [7, 11) is 0. The van der Waals surface area contributed by atoms with E-state index in [1.807, 2.05) is 42.5 Å². The average molecular weight is 491 g/mol. The molecule has 0 bridgehead atoms. The molecular weight excluding hydrogens is 471 g/mol. The molecule has 6 nitrogen and oxygen atoms in total. The highest BCUT2D eigenvalue weighted by molar-refractivity contribution is 6.02. The summed E-state index contributed by atoms with van der Waals surface area (Å²) >= 11 is 0. The Bertz CT molecular complexity index is 1520. The molecule has 36 heavy (non-hydrogen) atoms. The van der Waals surface area contributed by atoms with E-state index in [-0.39, 0.29) is 18.9 Å². The van der Waals surface area contributed by atoms with E-state index >= 15 is 0 Å². The van der Waals surface area contributed by atoms with Crippen molar-refractivity contribution in [1.82, 2.24) is 9.78 Å². The van der Waals surface area contributed by atoms with Crippen LogP contribution in [0.3, 0.4) is 0 Å². The van der Waals surface area contributed by atoms with Gasteiger partial charge in [-0.15, -0.1) is 0 Å². The highest BCUT2D eigenvalue weighted by Gasteiger charge is 2.30. The molecule has 1 amide bonds. The largest absolute Gasteiger partial charge is 0.485 e. The Labute approximate surface area is 203 Å². The lowest BCUT2D eigenvalue weighted by Crippen LogP contribution is -2.10. The molecule has 0 saturated carbocycles. The van der Waals surface area contributed by atoms with Crippen LogP contribution in [0.2, 0.25) is 0 Å². The summed E-state index contributed by atoms with van der Waals surface area (Å²) in [5.41, 5.74) is 0.100. The number of hydrogen-bond acceptors (Lipinski definition) is 4. The van der Waals surface area contributed by atoms with Gasteiger partial charge in [-0.05, 0) is 41.3 Å². The van der Waals surface area contributed by atoms with Crippen LogP contribution in [-0.4, -0.2) is 15.7 Å². The SMILES string of the molecule is O=C(Nc1cnn(Cc2cccc(C(F)(F)F)c2)c1)c1ccc(COc2cccc3ccccc23)o1. The first kappa shape index (κ1) is 23.2. The normalized spacial score (nSPS) is 11.5. The second kappa shape index (κ2) is 9.61. The van der Waals surface area contributed by atoms with Gasteiger partial charge in [0.2, 0.25) is 0 Å². The number of fused-ring (bicyclic) bond motifs is 1. The molecule has 0 atom stereocenters. The molecule has 0 spiro atoms. The van der Waals surface area contributed by atoms with E-state index in [9.17, 15) is 18.0 Å². The fourth-order valence-electron chi connectivity index (χ4n) is 3.79. The van der Waals surface area contributed by atoms with Crippen LogP contribution in [0.15, 0.2) is 95.7 Å². The van der Waals surface area contributed by atoms with Crippen LogP contribution in [0.1, 0.15) is 27.4 Å². The van der Waals surface area contributed by atoms with Crippen LogP contribution in [0.5, 0.6) is 5.75 Å². The number of rotatable bonds is 7. The maximum Gasteiger partial charge on any atom is 0.416 e. The molecule has 0 aliphatic rings. The van der Waals surface area contributed by atoms with Crippen LogP contribution in [-0.2, 0) is 19.3 Å². The number of benzene rings is 3. The van der Waals surface area contributed by atoms with Crippen molar-refractivity contribution in [2.24, 2.45) is 0 Å². The lowest BCUT2D eigenvalue weighted by Gasteiger charge is -2.08. The number of nitrogens with zero attached hydrogens (tertiary/aromatic N) is 2. The van der Waals surface area contributed by atoms with Crippen molar-refractivity contribution in [2.45, 2.75) is 19.3 Å². The number of amides is 1. The lowest BCUT2D eigenvalue weighted by atomic mass is 10.1. The van der Waals surface area contributed by atoms with Gasteiger partial charge < -0.3 is 14.5 Å². The Balaban J connectivity index is 1.20. The summed E-state index contributed by atoms with van der Waals surface area (Å²) in [5, 5.41) is 8.82. The Hall–Kier alpha value is -4.53. The number of ether oxygens (including phenoxy) is 1. The summed E-state index contributed by atoms with van der Waals surface area (Å²) in [5.74, 6) is 0.805. The molecule has 5 aromatic rings. The van der Waals surface area contributed by atoms with E-state index in [0.717, 1.165) is 22.9 Å². The summed E-state index contributed by atoms with van der Waals surface area (Å²) in [6, 6.07) is 21.9. The zero-order valence-corrected chi connectivity index (χ0v) is 18.8. The predicted octanol–water partition coefficient (Wildman–Crippen LogP) is 6.53. The molecule has 0 unspecified atom stereocenters. The Morgan fingerprint density at radius 1 is 1.00 bits per heavy atom. The van der Waals surface area contributed by atoms with Crippen LogP contribution < -0.4 is 10.1 Å². The van der Waals surface area contributed by atoms with E-state index in [0.29, 0.717) is 22.8 Å². The Morgan fingerprint density at radius 2 is 1.81 bits per heavy atom. The van der Waals surface area contributed by atoms with Gasteiger partial charge in [0.15, 0.2) is 5.76 Å². The number of aromatic nitrogens is 2. The summed E-state index contributed by atoms with van der Waals surface area (Å²) in [6.07, 6.45) is -1.47. The van der Waals surface area contributed by atoms with Crippen LogP contribution in [0, 0.1) is 0 Å². The van der Waals surface area contributed by atoms with Crippen molar-refractivity contribution < 1.29 is 27.1 Å². The van der Waals surface area contributed by atoms with Crippen molar-refractivity contribution in [2.75, 3.05) is 5.32 Å². The molecule has 2 heterocycles. The van der Waals surface area contributed by atoms with Crippen molar-refractivity contribution in [3.05, 3.63) is 114 Å². The number of carbonyl (C=O) groups excluding carboxylic acids is 1. The number of alkyl halides is 3. The molecule has 1 N–H and O–H groups in total. The molecule has 182 valence electrons. The van der Waals surface area contributed by atoms with E-state index < -0.39 is 17.6 Å². The number of hydrogen-bond donors (Lipinski definition) is 1. The van der Waals surface area contributed by atoms with Gasteiger partial charge in [0, 0.05) is 11.6 Å². The molecule has 9 heteroatoms. The first-order chi connectivity index (χ1) is 17.3. The minimum absolute atomic E-state index is 0.0946. The third kappa shape index (κ3) is 5.25. The zero-order valence-electron chi connectivity index (χ0n) is 18.8. The second-order valence-corrected chi connectivity index (χ2v) is 8.11. The van der Waals surface area contributed by atoms with Gasteiger partial charge >= 0.3 is 6.18 Å². The van der Waals surface area contributed by atoms with Crippen molar-refractivity contribution in [1.29, 1.82) is 0 Å². The molecule has 0 aliphatic carbocycles. The fourth-order valence-corrected chi connectivity index (χ4v) is 3.79. The fraction of sp³-hybridized carbons (Fsp3) is 0.111. The number of nitrogens with one attached hydrogen (secondary N) is 1. The molecule has 5 rings (SSSR count). The average Bonchev–Trinajstić information content (AvgIpc) is 3.52. The molecule has 2 aromatic heterocycles. The number of furan rings is 1. The number of carbonyl (C=O) groups is 1. The van der Waals surface area contributed by atoms with Gasteiger partial charge in [0.1, 0.15) is 18.1 Å². The Morgan fingerprint density at radius 3 is 2.67 bits per heavy atom. The van der Waals surface area contributed by atoms with Gasteiger partial charge in [-0.25, -0.2) is 0 Å². The minimum atomic E-state index is -4.42. The summed E-state index contributed by atoms with van der Waals surface area (Å²) in [4.78, 5) is 12.6. The van der Waals surface area contributed by atoms with E-state index in [1.165, 1.54) is 23.1 Å². The van der Waals surface area contributed by atoms with Crippen LogP contribution in [0.4, 0.5) is 18.9 Å². The molecule has 0 radical (unpaired) electrons.